The summed E-state index contributed by atoms with van der Waals surface area (Å²) in [4.78, 5) is 20.9. The first-order valence-corrected chi connectivity index (χ1v) is 9.74. The zero-order chi connectivity index (χ0) is 19.8. The molecule has 1 amide bonds. The Morgan fingerprint density at radius 2 is 2.07 bits per heavy atom. The second kappa shape index (κ2) is 7.50. The van der Waals surface area contributed by atoms with Crippen LogP contribution in [0, 0.1) is 0 Å². The number of halogens is 1. The van der Waals surface area contributed by atoms with Crippen molar-refractivity contribution in [3.63, 3.8) is 0 Å². The van der Waals surface area contributed by atoms with Crippen LogP contribution in [0.4, 0.5) is 4.79 Å². The molecule has 1 N–H and O–H groups in total. The number of nitrogens with zero attached hydrogens (tertiary/aromatic N) is 3. The van der Waals surface area contributed by atoms with Gasteiger partial charge in [-0.25, -0.2) is 14.8 Å². The molecule has 2 heterocycles. The second-order valence-corrected chi connectivity index (χ2v) is 8.63. The molecule has 0 saturated carbocycles. The van der Waals surface area contributed by atoms with Gasteiger partial charge < -0.3 is 10.1 Å². The molecule has 7 heteroatoms. The van der Waals surface area contributed by atoms with Crippen molar-refractivity contribution in [3.05, 3.63) is 35.1 Å². The average Bonchev–Trinajstić information content (AvgIpc) is 3.00. The molecule has 1 aliphatic rings. The lowest BCUT2D eigenvalue weighted by atomic mass is 9.93. The van der Waals surface area contributed by atoms with E-state index in [1.54, 1.807) is 6.20 Å². The Kier molecular flexibility index (Phi) is 5.47. The van der Waals surface area contributed by atoms with Crippen molar-refractivity contribution < 1.29 is 9.53 Å². The van der Waals surface area contributed by atoms with E-state index in [2.05, 4.69) is 39.6 Å². The van der Waals surface area contributed by atoms with E-state index in [0.717, 1.165) is 36.3 Å². The lowest BCUT2D eigenvalue weighted by molar-refractivity contribution is 0.0502. The van der Waals surface area contributed by atoms with Gasteiger partial charge in [0.1, 0.15) is 16.9 Å². The number of alkyl carbamates (subject to hydrolysis) is 1. The molecule has 1 atom stereocenters. The maximum atomic E-state index is 12.0. The number of amides is 1. The number of imidazole rings is 1. The van der Waals surface area contributed by atoms with Gasteiger partial charge in [-0.3, -0.25) is 4.40 Å². The Morgan fingerprint density at radius 3 is 2.67 bits per heavy atom. The lowest BCUT2D eigenvalue weighted by Gasteiger charge is -2.26. The molecule has 0 bridgehead atoms. The smallest absolute Gasteiger partial charge is 0.407 e. The molecule has 2 aromatic heterocycles. The van der Waals surface area contributed by atoms with Crippen molar-refractivity contribution in [1.82, 2.24) is 19.7 Å². The molecule has 146 valence electrons. The monoisotopic (exact) mass is 390 g/mol. The first-order chi connectivity index (χ1) is 12.7. The summed E-state index contributed by atoms with van der Waals surface area (Å²) in [6, 6.07) is 0.0757. The molecule has 2 aromatic rings. The van der Waals surface area contributed by atoms with Gasteiger partial charge in [0.2, 0.25) is 0 Å². The Bertz CT molecular complexity index is 880. The maximum absolute atomic E-state index is 12.0. The number of rotatable bonds is 3. The number of allylic oxidation sites excluding steroid dienone is 1. The number of carbonyl (C=O) groups is 1. The van der Waals surface area contributed by atoms with Crippen molar-refractivity contribution in [2.45, 2.75) is 71.4 Å². The molecule has 0 saturated heterocycles. The van der Waals surface area contributed by atoms with E-state index in [9.17, 15) is 4.79 Å². The van der Waals surface area contributed by atoms with Gasteiger partial charge in [0, 0.05) is 12.0 Å². The van der Waals surface area contributed by atoms with Crippen LogP contribution < -0.4 is 5.32 Å². The van der Waals surface area contributed by atoms with Gasteiger partial charge >= 0.3 is 6.09 Å². The Morgan fingerprint density at radius 1 is 1.33 bits per heavy atom. The van der Waals surface area contributed by atoms with Crippen LogP contribution in [-0.4, -0.2) is 32.1 Å². The van der Waals surface area contributed by atoms with Gasteiger partial charge in [-0.1, -0.05) is 31.5 Å². The largest absolute Gasteiger partial charge is 0.444 e. The summed E-state index contributed by atoms with van der Waals surface area (Å²) in [6.07, 6.45) is 7.84. The van der Waals surface area contributed by atoms with E-state index in [-0.39, 0.29) is 18.1 Å². The van der Waals surface area contributed by atoms with Crippen LogP contribution in [0.2, 0.25) is 5.15 Å². The minimum atomic E-state index is -0.491. The fraction of sp³-hybridized carbons (Fsp3) is 0.550. The number of hydrogen-bond donors (Lipinski definition) is 1. The van der Waals surface area contributed by atoms with Crippen LogP contribution in [0.3, 0.4) is 0 Å². The fourth-order valence-corrected chi connectivity index (χ4v) is 3.49. The third-order valence-electron chi connectivity index (χ3n) is 4.52. The molecule has 1 unspecified atom stereocenters. The predicted molar refractivity (Wildman–Crippen MR) is 107 cm³/mol. The third-order valence-corrected chi connectivity index (χ3v) is 4.81. The van der Waals surface area contributed by atoms with Crippen molar-refractivity contribution in [3.8, 4) is 0 Å². The number of ether oxygens (including phenoxy) is 1. The van der Waals surface area contributed by atoms with Crippen molar-refractivity contribution >= 4 is 28.8 Å². The Hall–Kier alpha value is -2.08. The SMILES string of the molecule is CC(C)c1ncc2c(Cl)ncc(C3=CCC(NC(=O)OC(C)(C)C)CC3)n12. The lowest BCUT2D eigenvalue weighted by Crippen LogP contribution is -2.39. The third kappa shape index (κ3) is 4.43. The molecule has 6 nitrogen and oxygen atoms in total. The molecule has 1 aliphatic carbocycles. The van der Waals surface area contributed by atoms with Crippen LogP contribution in [0.5, 0.6) is 0 Å². The minimum Gasteiger partial charge on any atom is -0.444 e. The first-order valence-electron chi connectivity index (χ1n) is 9.36. The summed E-state index contributed by atoms with van der Waals surface area (Å²) in [5.41, 5.74) is 2.56. The minimum absolute atomic E-state index is 0.0757. The summed E-state index contributed by atoms with van der Waals surface area (Å²) in [6.45, 7) is 9.82. The quantitative estimate of drug-likeness (QED) is 0.803. The average molecular weight is 391 g/mol. The molecule has 0 aliphatic heterocycles. The normalized spacial score (nSPS) is 17.9. The van der Waals surface area contributed by atoms with Gasteiger partial charge in [0.05, 0.1) is 18.1 Å². The topological polar surface area (TPSA) is 68.5 Å². The van der Waals surface area contributed by atoms with Crippen LogP contribution >= 0.6 is 11.6 Å². The van der Waals surface area contributed by atoms with Crippen molar-refractivity contribution in [2.75, 3.05) is 0 Å². The van der Waals surface area contributed by atoms with Crippen molar-refractivity contribution in [2.24, 2.45) is 0 Å². The summed E-state index contributed by atoms with van der Waals surface area (Å²) in [5.74, 6) is 1.25. The molecular formula is C20H27ClN4O2. The van der Waals surface area contributed by atoms with E-state index in [4.69, 9.17) is 16.3 Å². The number of nitrogens with one attached hydrogen (secondary N) is 1. The Balaban J connectivity index is 1.81. The van der Waals surface area contributed by atoms with Gasteiger partial charge in [0.15, 0.2) is 5.15 Å². The van der Waals surface area contributed by atoms with Crippen LogP contribution in [0.1, 0.15) is 71.3 Å². The number of fused-ring (bicyclic) bond motifs is 1. The van der Waals surface area contributed by atoms with Gasteiger partial charge in [-0.05, 0) is 45.6 Å². The van der Waals surface area contributed by atoms with Crippen molar-refractivity contribution in [1.29, 1.82) is 0 Å². The summed E-state index contributed by atoms with van der Waals surface area (Å²) < 4.78 is 7.45. The van der Waals surface area contributed by atoms with Crippen LogP contribution in [0.25, 0.3) is 11.1 Å². The van der Waals surface area contributed by atoms with Gasteiger partial charge in [-0.15, -0.1) is 0 Å². The Labute approximate surface area is 165 Å². The van der Waals surface area contributed by atoms with Crippen LogP contribution in [0.15, 0.2) is 18.5 Å². The molecule has 3 rings (SSSR count). The van der Waals surface area contributed by atoms with Gasteiger partial charge in [0.25, 0.3) is 0 Å². The second-order valence-electron chi connectivity index (χ2n) is 8.27. The zero-order valence-electron chi connectivity index (χ0n) is 16.5. The molecule has 27 heavy (non-hydrogen) atoms. The number of carbonyl (C=O) groups excluding carboxylic acids is 1. The molecule has 0 aromatic carbocycles. The number of aromatic nitrogens is 3. The molecular weight excluding hydrogens is 364 g/mol. The highest BCUT2D eigenvalue weighted by molar-refractivity contribution is 6.32. The maximum Gasteiger partial charge on any atom is 0.407 e. The van der Waals surface area contributed by atoms with Gasteiger partial charge in [-0.2, -0.15) is 0 Å². The highest BCUT2D eigenvalue weighted by Crippen LogP contribution is 2.31. The molecule has 0 radical (unpaired) electrons. The highest BCUT2D eigenvalue weighted by Gasteiger charge is 2.23. The zero-order valence-corrected chi connectivity index (χ0v) is 17.3. The predicted octanol–water partition coefficient (Wildman–Crippen LogP) is 4.97. The van der Waals surface area contributed by atoms with E-state index in [1.165, 1.54) is 5.57 Å². The van der Waals surface area contributed by atoms with E-state index < -0.39 is 5.60 Å². The van der Waals surface area contributed by atoms with E-state index in [1.807, 2.05) is 27.0 Å². The molecule has 0 spiro atoms. The fourth-order valence-electron chi connectivity index (χ4n) is 3.31. The van der Waals surface area contributed by atoms with E-state index in [0.29, 0.717) is 5.15 Å². The summed E-state index contributed by atoms with van der Waals surface area (Å²) >= 11 is 6.27. The standard InChI is InChI=1S/C20H27ClN4O2/c1-12(2)18-23-11-16-17(21)22-10-15(25(16)18)13-6-8-14(9-7-13)24-19(26)27-20(3,4)5/h6,10-12,14H,7-9H2,1-5H3,(H,24,26). The van der Waals surface area contributed by atoms with Crippen LogP contribution in [-0.2, 0) is 4.74 Å². The summed E-state index contributed by atoms with van der Waals surface area (Å²) in [7, 11) is 0. The summed E-state index contributed by atoms with van der Waals surface area (Å²) in [5, 5.41) is 3.41. The number of hydrogen-bond acceptors (Lipinski definition) is 4. The van der Waals surface area contributed by atoms with E-state index >= 15 is 0 Å². The highest BCUT2D eigenvalue weighted by atomic mass is 35.5. The molecule has 0 fully saturated rings. The first kappa shape index (κ1) is 19.7.